The third-order valence-corrected chi connectivity index (χ3v) is 5.57. The van der Waals surface area contributed by atoms with Gasteiger partial charge in [-0.25, -0.2) is 4.99 Å². The van der Waals surface area contributed by atoms with Gasteiger partial charge in [0.15, 0.2) is 5.17 Å². The van der Waals surface area contributed by atoms with Crippen LogP contribution in [0.15, 0.2) is 93.2 Å². The van der Waals surface area contributed by atoms with Crippen LogP contribution < -0.4 is 10.1 Å². The number of thioether (sulfide) groups is 1. The predicted octanol–water partition coefficient (Wildman–Crippen LogP) is 5.92. The van der Waals surface area contributed by atoms with Crippen molar-refractivity contribution in [3.8, 4) is 5.75 Å². The van der Waals surface area contributed by atoms with Gasteiger partial charge in [-0.3, -0.25) is 4.79 Å². The summed E-state index contributed by atoms with van der Waals surface area (Å²) in [6, 6.07) is 25.3. The van der Waals surface area contributed by atoms with E-state index in [0.29, 0.717) is 16.7 Å². The summed E-state index contributed by atoms with van der Waals surface area (Å²) in [7, 11) is 0. The number of aliphatic imine (C=N–C) groups is 1. The van der Waals surface area contributed by atoms with E-state index in [1.54, 1.807) is 0 Å². The van der Waals surface area contributed by atoms with Crippen molar-refractivity contribution < 1.29 is 9.53 Å². The highest BCUT2D eigenvalue weighted by molar-refractivity contribution is 9.10. The number of carbonyl (C=O) groups excluding carboxylic acids is 1. The Kier molecular flexibility index (Phi) is 6.12. The average Bonchev–Trinajstić information content (AvgIpc) is 3.08. The van der Waals surface area contributed by atoms with Gasteiger partial charge < -0.3 is 10.1 Å². The molecule has 3 aromatic carbocycles. The van der Waals surface area contributed by atoms with Gasteiger partial charge in [0.25, 0.3) is 5.91 Å². The van der Waals surface area contributed by atoms with Gasteiger partial charge in [0.05, 0.1) is 10.6 Å². The van der Waals surface area contributed by atoms with Crippen molar-refractivity contribution in [3.05, 3.63) is 99.4 Å². The van der Waals surface area contributed by atoms with Crippen LogP contribution in [0.4, 0.5) is 5.69 Å². The van der Waals surface area contributed by atoms with E-state index in [1.807, 2.05) is 84.9 Å². The first kappa shape index (κ1) is 19.5. The number of ether oxygens (including phenoxy) is 1. The zero-order valence-corrected chi connectivity index (χ0v) is 17.7. The Labute approximate surface area is 181 Å². The molecule has 0 bridgehead atoms. The van der Waals surface area contributed by atoms with E-state index in [-0.39, 0.29) is 5.91 Å². The monoisotopic (exact) mass is 464 g/mol. The first-order valence-electron chi connectivity index (χ1n) is 8.98. The topological polar surface area (TPSA) is 50.7 Å². The summed E-state index contributed by atoms with van der Waals surface area (Å²) in [6.07, 6.45) is 1.85. The zero-order valence-electron chi connectivity index (χ0n) is 15.3. The van der Waals surface area contributed by atoms with Gasteiger partial charge >= 0.3 is 0 Å². The van der Waals surface area contributed by atoms with Crippen molar-refractivity contribution in [1.82, 2.24) is 5.32 Å². The summed E-state index contributed by atoms with van der Waals surface area (Å²) < 4.78 is 6.87. The maximum Gasteiger partial charge on any atom is 0.264 e. The lowest BCUT2D eigenvalue weighted by atomic mass is 10.2. The fraction of sp³-hybridized carbons (Fsp3) is 0.0435. The van der Waals surface area contributed by atoms with Crippen molar-refractivity contribution >= 4 is 50.5 Å². The molecule has 0 spiro atoms. The summed E-state index contributed by atoms with van der Waals surface area (Å²) in [6.45, 7) is 0.505. The molecule has 1 aliphatic rings. The third-order valence-electron chi connectivity index (χ3n) is 4.13. The molecule has 0 radical (unpaired) electrons. The molecule has 0 aromatic heterocycles. The van der Waals surface area contributed by atoms with Gasteiger partial charge in [0, 0.05) is 4.47 Å². The lowest BCUT2D eigenvalue weighted by Crippen LogP contribution is -2.19. The number of benzene rings is 3. The number of amidine groups is 1. The van der Waals surface area contributed by atoms with E-state index < -0.39 is 0 Å². The molecular weight excluding hydrogens is 448 g/mol. The van der Waals surface area contributed by atoms with Crippen LogP contribution in [-0.4, -0.2) is 11.1 Å². The predicted molar refractivity (Wildman–Crippen MR) is 122 cm³/mol. The number of hydrogen-bond acceptors (Lipinski definition) is 4. The molecule has 6 heteroatoms. The number of nitrogens with zero attached hydrogens (tertiary/aromatic N) is 1. The van der Waals surface area contributed by atoms with E-state index in [1.165, 1.54) is 11.8 Å². The SMILES string of the molecule is O=C1NC(=Nc2ccccc2)SC1=Cc1ccc(OCc2ccc(Br)cc2)cc1. The Balaban J connectivity index is 1.40. The summed E-state index contributed by atoms with van der Waals surface area (Å²) in [5.74, 6) is 0.644. The molecule has 3 aromatic rings. The zero-order chi connectivity index (χ0) is 20.1. The van der Waals surface area contributed by atoms with Crippen molar-refractivity contribution in [2.45, 2.75) is 6.61 Å². The second-order valence-electron chi connectivity index (χ2n) is 6.30. The molecule has 1 saturated heterocycles. The fourth-order valence-corrected chi connectivity index (χ4v) is 3.77. The van der Waals surface area contributed by atoms with Gasteiger partial charge in [-0.05, 0) is 65.4 Å². The molecule has 1 fully saturated rings. The van der Waals surface area contributed by atoms with E-state index in [9.17, 15) is 4.79 Å². The quantitative estimate of drug-likeness (QED) is 0.476. The summed E-state index contributed by atoms with van der Waals surface area (Å²) in [5.41, 5.74) is 2.84. The molecule has 1 amide bonds. The number of rotatable bonds is 5. The van der Waals surface area contributed by atoms with Crippen LogP contribution in [0.25, 0.3) is 6.08 Å². The number of carbonyl (C=O) groups is 1. The van der Waals surface area contributed by atoms with Crippen molar-refractivity contribution in [2.75, 3.05) is 0 Å². The van der Waals surface area contributed by atoms with Crippen LogP contribution >= 0.6 is 27.7 Å². The molecule has 0 saturated carbocycles. The molecule has 4 rings (SSSR count). The molecule has 4 nitrogen and oxygen atoms in total. The standard InChI is InChI=1S/C23H17BrN2O2S/c24-18-10-6-17(7-11-18)15-28-20-12-8-16(9-13-20)14-21-22(27)26-23(29-21)25-19-4-2-1-3-5-19/h1-14H,15H2,(H,25,26,27). The van der Waals surface area contributed by atoms with E-state index >= 15 is 0 Å². The smallest absolute Gasteiger partial charge is 0.264 e. The van der Waals surface area contributed by atoms with Crippen LogP contribution in [0.1, 0.15) is 11.1 Å². The molecule has 29 heavy (non-hydrogen) atoms. The third kappa shape index (κ3) is 5.37. The Hall–Kier alpha value is -2.83. The maximum absolute atomic E-state index is 12.2. The van der Waals surface area contributed by atoms with Crippen LogP contribution in [-0.2, 0) is 11.4 Å². The highest BCUT2D eigenvalue weighted by Gasteiger charge is 2.23. The minimum Gasteiger partial charge on any atom is -0.489 e. The lowest BCUT2D eigenvalue weighted by molar-refractivity contribution is -0.115. The Morgan fingerprint density at radius 3 is 2.41 bits per heavy atom. The highest BCUT2D eigenvalue weighted by atomic mass is 79.9. The van der Waals surface area contributed by atoms with E-state index in [4.69, 9.17) is 4.74 Å². The van der Waals surface area contributed by atoms with Crippen molar-refractivity contribution in [3.63, 3.8) is 0 Å². The van der Waals surface area contributed by atoms with E-state index in [2.05, 4.69) is 26.2 Å². The molecule has 1 N–H and O–H groups in total. The molecule has 144 valence electrons. The lowest BCUT2D eigenvalue weighted by Gasteiger charge is -2.06. The molecule has 1 aliphatic heterocycles. The minimum atomic E-state index is -0.139. The number of halogens is 1. The van der Waals surface area contributed by atoms with Gasteiger partial charge in [-0.2, -0.15) is 0 Å². The Morgan fingerprint density at radius 1 is 0.966 bits per heavy atom. The van der Waals surface area contributed by atoms with Crippen LogP contribution in [0.3, 0.4) is 0 Å². The molecule has 0 unspecified atom stereocenters. The Bertz CT molecular complexity index is 1060. The maximum atomic E-state index is 12.2. The fourth-order valence-electron chi connectivity index (χ4n) is 2.66. The van der Waals surface area contributed by atoms with E-state index in [0.717, 1.165) is 27.0 Å². The second kappa shape index (κ2) is 9.11. The van der Waals surface area contributed by atoms with Gasteiger partial charge in [-0.1, -0.05) is 58.4 Å². The molecular formula is C23H17BrN2O2S. The van der Waals surface area contributed by atoms with Gasteiger partial charge in [0.2, 0.25) is 0 Å². The minimum absolute atomic E-state index is 0.139. The summed E-state index contributed by atoms with van der Waals surface area (Å²) in [4.78, 5) is 17.3. The number of nitrogens with one attached hydrogen (secondary N) is 1. The molecule has 0 atom stereocenters. The molecule has 0 aliphatic carbocycles. The number of hydrogen-bond donors (Lipinski definition) is 1. The average molecular weight is 465 g/mol. The number of para-hydroxylation sites is 1. The van der Waals surface area contributed by atoms with Crippen LogP contribution in [0.5, 0.6) is 5.75 Å². The van der Waals surface area contributed by atoms with Crippen molar-refractivity contribution in [2.24, 2.45) is 4.99 Å². The largest absolute Gasteiger partial charge is 0.489 e. The van der Waals surface area contributed by atoms with Crippen LogP contribution in [0, 0.1) is 0 Å². The van der Waals surface area contributed by atoms with Crippen molar-refractivity contribution in [1.29, 1.82) is 0 Å². The second-order valence-corrected chi connectivity index (χ2v) is 8.25. The highest BCUT2D eigenvalue weighted by Crippen LogP contribution is 2.28. The first-order valence-corrected chi connectivity index (χ1v) is 10.6. The first-order chi connectivity index (χ1) is 14.2. The van der Waals surface area contributed by atoms with Gasteiger partial charge in [-0.15, -0.1) is 0 Å². The van der Waals surface area contributed by atoms with Crippen LogP contribution in [0.2, 0.25) is 0 Å². The summed E-state index contributed by atoms with van der Waals surface area (Å²) >= 11 is 4.76. The van der Waals surface area contributed by atoms with Gasteiger partial charge in [0.1, 0.15) is 12.4 Å². The number of amides is 1. The Morgan fingerprint density at radius 2 is 1.69 bits per heavy atom. The normalized spacial score (nSPS) is 16.2. The summed E-state index contributed by atoms with van der Waals surface area (Å²) in [5, 5.41) is 3.39. The molecule has 1 heterocycles.